The molecule has 1 aromatic carbocycles. The summed E-state index contributed by atoms with van der Waals surface area (Å²) >= 11 is 0. The molecular formula is C19H19N5O3. The average Bonchev–Trinajstić information content (AvgIpc) is 3.10. The van der Waals surface area contributed by atoms with Crippen molar-refractivity contribution in [1.82, 2.24) is 24.1 Å². The van der Waals surface area contributed by atoms with Gasteiger partial charge in [0.25, 0.3) is 11.4 Å². The summed E-state index contributed by atoms with van der Waals surface area (Å²) in [5.74, 6) is 0.740. The monoisotopic (exact) mass is 365 g/mol. The molecule has 1 aliphatic carbocycles. The molecule has 1 aliphatic rings. The number of fused-ring (bicyclic) bond motifs is 3. The fraction of sp³-hybridized carbons (Fsp3) is 0.368. The molecule has 0 bridgehead atoms. The van der Waals surface area contributed by atoms with E-state index >= 15 is 0 Å². The maximum Gasteiger partial charge on any atom is 0.279 e. The molecule has 8 nitrogen and oxygen atoms in total. The Bertz CT molecular complexity index is 1230. The molecule has 1 fully saturated rings. The van der Waals surface area contributed by atoms with Crippen LogP contribution in [0.15, 0.2) is 39.9 Å². The highest BCUT2D eigenvalue weighted by molar-refractivity contribution is 5.83. The van der Waals surface area contributed by atoms with Gasteiger partial charge in [0.05, 0.1) is 11.0 Å². The van der Waals surface area contributed by atoms with Gasteiger partial charge in [-0.25, -0.2) is 4.98 Å². The van der Waals surface area contributed by atoms with Gasteiger partial charge in [0.2, 0.25) is 5.82 Å². The Balaban J connectivity index is 1.79. The van der Waals surface area contributed by atoms with Gasteiger partial charge >= 0.3 is 0 Å². The lowest BCUT2D eigenvalue weighted by Gasteiger charge is -2.15. The third-order valence-corrected chi connectivity index (χ3v) is 5.24. The van der Waals surface area contributed by atoms with Crippen molar-refractivity contribution < 1.29 is 9.26 Å². The van der Waals surface area contributed by atoms with E-state index in [1.165, 1.54) is 0 Å². The third kappa shape index (κ3) is 2.19. The van der Waals surface area contributed by atoms with Crippen LogP contribution in [0.5, 0.6) is 0 Å². The van der Waals surface area contributed by atoms with Crippen molar-refractivity contribution in [3.05, 3.63) is 46.8 Å². The van der Waals surface area contributed by atoms with E-state index in [9.17, 15) is 4.79 Å². The number of rotatable bonds is 4. The van der Waals surface area contributed by atoms with Gasteiger partial charge in [0, 0.05) is 13.2 Å². The van der Waals surface area contributed by atoms with E-state index in [2.05, 4.69) is 15.1 Å². The lowest BCUT2D eigenvalue weighted by Crippen LogP contribution is -2.24. The van der Waals surface area contributed by atoms with E-state index in [1.807, 2.05) is 38.1 Å². The molecular weight excluding hydrogens is 346 g/mol. The number of hydrogen-bond acceptors (Lipinski definition) is 6. The zero-order valence-corrected chi connectivity index (χ0v) is 15.3. The first-order valence-corrected chi connectivity index (χ1v) is 8.96. The normalized spacial score (nSPS) is 15.9. The molecule has 0 amide bonds. The molecule has 0 N–H and O–H groups in total. The van der Waals surface area contributed by atoms with Crippen LogP contribution in [0.2, 0.25) is 0 Å². The third-order valence-electron chi connectivity index (χ3n) is 5.24. The molecule has 3 aromatic heterocycles. The van der Waals surface area contributed by atoms with Crippen LogP contribution in [0, 0.1) is 0 Å². The number of hydrogen-bond donors (Lipinski definition) is 0. The van der Waals surface area contributed by atoms with Gasteiger partial charge < -0.3 is 13.8 Å². The van der Waals surface area contributed by atoms with Crippen LogP contribution in [0.4, 0.5) is 0 Å². The number of aromatic nitrogens is 5. The smallest absolute Gasteiger partial charge is 0.279 e. The second-order valence-electron chi connectivity index (χ2n) is 7.19. The summed E-state index contributed by atoms with van der Waals surface area (Å²) < 4.78 is 14.5. The number of imidazole rings is 1. The average molecular weight is 365 g/mol. The standard InChI is InChI=1S/C19H19N5O3/c1-11(2)24-13-7-5-4-6-12(13)23-10-20-14(15(23)17(24)25)16-21-18(22-27-16)19(26-3)8-9-19/h4-7,10-11H,8-9H2,1-3H3. The fourth-order valence-corrected chi connectivity index (χ4v) is 3.64. The van der Waals surface area contributed by atoms with Crippen molar-refractivity contribution in [3.8, 4) is 11.6 Å². The zero-order chi connectivity index (χ0) is 18.8. The molecule has 0 radical (unpaired) electrons. The zero-order valence-electron chi connectivity index (χ0n) is 15.3. The van der Waals surface area contributed by atoms with Crippen molar-refractivity contribution in [2.45, 2.75) is 38.3 Å². The topological polar surface area (TPSA) is 87.5 Å². The molecule has 4 aromatic rings. The van der Waals surface area contributed by atoms with E-state index < -0.39 is 5.60 Å². The van der Waals surface area contributed by atoms with Crippen molar-refractivity contribution in [1.29, 1.82) is 0 Å². The molecule has 0 saturated heterocycles. The summed E-state index contributed by atoms with van der Waals surface area (Å²) in [7, 11) is 1.64. The number of para-hydroxylation sites is 2. The summed E-state index contributed by atoms with van der Waals surface area (Å²) in [6.45, 7) is 3.97. The molecule has 3 heterocycles. The Morgan fingerprint density at radius 1 is 1.22 bits per heavy atom. The fourth-order valence-electron chi connectivity index (χ4n) is 3.64. The predicted octanol–water partition coefficient (Wildman–Crippen LogP) is 2.92. The summed E-state index contributed by atoms with van der Waals surface area (Å²) in [5, 5.41) is 4.06. The van der Waals surface area contributed by atoms with Crippen LogP contribution < -0.4 is 5.56 Å². The number of methoxy groups -OCH3 is 1. The molecule has 0 unspecified atom stereocenters. The lowest BCUT2D eigenvalue weighted by atomic mass is 10.2. The molecule has 5 rings (SSSR count). The highest BCUT2D eigenvalue weighted by Gasteiger charge is 2.49. The van der Waals surface area contributed by atoms with E-state index in [0.29, 0.717) is 17.0 Å². The van der Waals surface area contributed by atoms with Crippen molar-refractivity contribution >= 4 is 16.6 Å². The van der Waals surface area contributed by atoms with Crippen molar-refractivity contribution in [3.63, 3.8) is 0 Å². The van der Waals surface area contributed by atoms with E-state index in [-0.39, 0.29) is 17.5 Å². The Morgan fingerprint density at radius 3 is 2.63 bits per heavy atom. The summed E-state index contributed by atoms with van der Waals surface area (Å²) in [6, 6.07) is 7.77. The Labute approximate surface area is 154 Å². The molecule has 0 spiro atoms. The highest BCUT2D eigenvalue weighted by Crippen LogP contribution is 2.47. The van der Waals surface area contributed by atoms with Crippen LogP contribution in [0.3, 0.4) is 0 Å². The number of nitrogens with zero attached hydrogens (tertiary/aromatic N) is 5. The van der Waals surface area contributed by atoms with Gasteiger partial charge in [-0.2, -0.15) is 4.98 Å². The molecule has 0 aliphatic heterocycles. The maximum atomic E-state index is 13.3. The minimum Gasteiger partial charge on any atom is -0.370 e. The Hall–Kier alpha value is -3.00. The van der Waals surface area contributed by atoms with Crippen molar-refractivity contribution in [2.24, 2.45) is 0 Å². The summed E-state index contributed by atoms with van der Waals surface area (Å²) in [4.78, 5) is 22.2. The Morgan fingerprint density at radius 2 is 1.96 bits per heavy atom. The SMILES string of the molecule is COC1(c2noc(-c3ncn4c3c(=O)n(C(C)C)c3ccccc34)n2)CC1. The van der Waals surface area contributed by atoms with Gasteiger partial charge in [0.15, 0.2) is 5.69 Å². The summed E-state index contributed by atoms with van der Waals surface area (Å²) in [5.41, 5.74) is 1.99. The number of ether oxygens (including phenoxy) is 1. The second kappa shape index (κ2) is 5.50. The highest BCUT2D eigenvalue weighted by atomic mass is 16.5. The predicted molar refractivity (Wildman–Crippen MR) is 98.6 cm³/mol. The molecule has 138 valence electrons. The first-order chi connectivity index (χ1) is 13.1. The largest absolute Gasteiger partial charge is 0.370 e. The Kier molecular flexibility index (Phi) is 3.30. The minimum atomic E-state index is -0.456. The van der Waals surface area contributed by atoms with Gasteiger partial charge in [-0.15, -0.1) is 0 Å². The molecule has 27 heavy (non-hydrogen) atoms. The van der Waals surface area contributed by atoms with Gasteiger partial charge in [0.1, 0.15) is 17.4 Å². The van der Waals surface area contributed by atoms with E-state index in [0.717, 1.165) is 23.9 Å². The van der Waals surface area contributed by atoms with Crippen LogP contribution in [0.1, 0.15) is 38.6 Å². The number of benzene rings is 1. The molecule has 0 atom stereocenters. The summed E-state index contributed by atoms with van der Waals surface area (Å²) in [6.07, 6.45) is 3.35. The molecule has 8 heteroatoms. The van der Waals surface area contributed by atoms with Gasteiger partial charge in [-0.05, 0) is 38.8 Å². The van der Waals surface area contributed by atoms with Crippen LogP contribution in [-0.2, 0) is 10.3 Å². The quantitative estimate of drug-likeness (QED) is 0.553. The first-order valence-electron chi connectivity index (χ1n) is 8.96. The van der Waals surface area contributed by atoms with Crippen LogP contribution in [0.25, 0.3) is 28.1 Å². The van der Waals surface area contributed by atoms with E-state index in [4.69, 9.17) is 9.26 Å². The van der Waals surface area contributed by atoms with Crippen molar-refractivity contribution in [2.75, 3.05) is 7.11 Å². The van der Waals surface area contributed by atoms with Crippen LogP contribution in [-0.4, -0.2) is 31.2 Å². The van der Waals surface area contributed by atoms with Gasteiger partial charge in [-0.3, -0.25) is 9.20 Å². The first kappa shape index (κ1) is 16.2. The maximum absolute atomic E-state index is 13.3. The minimum absolute atomic E-state index is 0.00313. The van der Waals surface area contributed by atoms with Crippen LogP contribution >= 0.6 is 0 Å². The van der Waals surface area contributed by atoms with E-state index in [1.54, 1.807) is 22.4 Å². The molecule has 1 saturated carbocycles. The van der Waals surface area contributed by atoms with Gasteiger partial charge in [-0.1, -0.05) is 17.3 Å². The lowest BCUT2D eigenvalue weighted by molar-refractivity contribution is 0.0689. The second-order valence-corrected chi connectivity index (χ2v) is 7.19.